The maximum Gasteiger partial charge on any atom is 0.350 e. The van der Waals surface area contributed by atoms with Crippen LogP contribution in [0, 0.1) is 6.92 Å². The lowest BCUT2D eigenvalue weighted by Crippen LogP contribution is -2.29. The molecule has 10 nitrogen and oxygen atoms in total. The number of methoxy groups -OCH3 is 1. The van der Waals surface area contributed by atoms with Gasteiger partial charge in [0.25, 0.3) is 5.78 Å². The van der Waals surface area contributed by atoms with Crippen molar-refractivity contribution in [1.29, 1.82) is 0 Å². The van der Waals surface area contributed by atoms with Crippen molar-refractivity contribution in [2.75, 3.05) is 31.8 Å². The molecule has 2 aromatic carbocycles. The van der Waals surface area contributed by atoms with E-state index in [1.54, 1.807) is 49.4 Å². The Morgan fingerprint density at radius 1 is 0.955 bits per heavy atom. The monoisotopic (exact) mass is 622 g/mol. The van der Waals surface area contributed by atoms with E-state index in [0.717, 1.165) is 37.0 Å². The van der Waals surface area contributed by atoms with Crippen LogP contribution < -0.4 is 19.1 Å². The second-order valence-corrected chi connectivity index (χ2v) is 11.1. The summed E-state index contributed by atoms with van der Waals surface area (Å²) in [6.45, 7) is 9.03. The molecule has 11 heteroatoms. The van der Waals surface area contributed by atoms with E-state index in [2.05, 4.69) is 18.8 Å². The van der Waals surface area contributed by atoms with Crippen LogP contribution in [-0.4, -0.2) is 54.7 Å². The number of hydrogen-bond donors (Lipinski definition) is 1. The topological polar surface area (TPSA) is 124 Å². The van der Waals surface area contributed by atoms with Gasteiger partial charge in [-0.15, -0.1) is 0 Å². The van der Waals surface area contributed by atoms with E-state index >= 15 is 0 Å². The number of aliphatic hydroxyl groups is 1. The Morgan fingerprint density at radius 2 is 1.64 bits per heavy atom. The summed E-state index contributed by atoms with van der Waals surface area (Å²) in [4.78, 5) is 45.6. The smallest absolute Gasteiger partial charge is 0.350 e. The van der Waals surface area contributed by atoms with Gasteiger partial charge in [0, 0.05) is 5.56 Å². The van der Waals surface area contributed by atoms with Crippen molar-refractivity contribution in [2.24, 2.45) is 0 Å². The zero-order chi connectivity index (χ0) is 31.8. The van der Waals surface area contributed by atoms with Gasteiger partial charge in [0.05, 0.1) is 44.2 Å². The first-order valence-electron chi connectivity index (χ1n) is 14.7. The first kappa shape index (κ1) is 32.5. The molecule has 0 saturated carbocycles. The van der Waals surface area contributed by atoms with Crippen LogP contribution >= 0.6 is 11.3 Å². The second-order valence-electron chi connectivity index (χ2n) is 10.1. The van der Waals surface area contributed by atoms with Crippen LogP contribution in [0.3, 0.4) is 0 Å². The SMILES string of the molecule is CCCCOc1ccc(C(O)=C2C(=O)C(=O)N(c3nc(C)c(C(=O)OC)s3)C2c2ccc(OCCCC)c(OCC)c2)cc1. The summed E-state index contributed by atoms with van der Waals surface area (Å²) in [5.41, 5.74) is 1.06. The number of aliphatic hydroxyl groups excluding tert-OH is 1. The van der Waals surface area contributed by atoms with Crippen molar-refractivity contribution in [3.63, 3.8) is 0 Å². The highest BCUT2D eigenvalue weighted by molar-refractivity contribution is 7.17. The average molecular weight is 623 g/mol. The standard InChI is InChI=1S/C33H38N2O8S/c1-6-9-17-42-23-14-11-21(12-15-23)28(36)26-27(22-13-16-24(43-18-10-7-2)25(19-22)41-8-3)35(31(38)29(26)37)33-34-20(4)30(44-33)32(39)40-5/h11-16,19,27,36H,6-10,17-18H2,1-5H3. The molecule has 1 unspecified atom stereocenters. The summed E-state index contributed by atoms with van der Waals surface area (Å²) in [6.07, 6.45) is 3.73. The van der Waals surface area contributed by atoms with Gasteiger partial charge >= 0.3 is 11.9 Å². The number of esters is 1. The minimum absolute atomic E-state index is 0.120. The maximum atomic E-state index is 13.7. The number of aryl methyl sites for hydroxylation is 1. The molecule has 3 aromatic rings. The van der Waals surface area contributed by atoms with Crippen molar-refractivity contribution >= 4 is 39.9 Å². The number of nitrogens with zero attached hydrogens (tertiary/aromatic N) is 2. The number of ketones is 1. The Hall–Kier alpha value is -4.38. The van der Waals surface area contributed by atoms with E-state index in [-0.39, 0.29) is 21.3 Å². The van der Waals surface area contributed by atoms with Gasteiger partial charge in [-0.1, -0.05) is 44.1 Å². The third-order valence-corrected chi connectivity index (χ3v) is 8.18. The molecule has 0 aliphatic carbocycles. The van der Waals surface area contributed by atoms with Gasteiger partial charge < -0.3 is 24.1 Å². The van der Waals surface area contributed by atoms with E-state index in [4.69, 9.17) is 18.9 Å². The molecule has 1 saturated heterocycles. The molecule has 1 fully saturated rings. The Balaban J connectivity index is 1.85. The number of aromatic nitrogens is 1. The van der Waals surface area contributed by atoms with Gasteiger partial charge in [0.15, 0.2) is 16.6 Å². The molecule has 0 spiro atoms. The maximum absolute atomic E-state index is 13.7. The van der Waals surface area contributed by atoms with Crippen LogP contribution in [0.15, 0.2) is 48.0 Å². The molecule has 4 rings (SSSR count). The largest absolute Gasteiger partial charge is 0.507 e. The number of anilines is 1. The van der Waals surface area contributed by atoms with Crippen molar-refractivity contribution in [3.05, 3.63) is 69.7 Å². The van der Waals surface area contributed by atoms with Crippen molar-refractivity contribution in [1.82, 2.24) is 4.98 Å². The lowest BCUT2D eigenvalue weighted by atomic mass is 9.95. The zero-order valence-corrected chi connectivity index (χ0v) is 26.5. The van der Waals surface area contributed by atoms with E-state index in [1.165, 1.54) is 12.0 Å². The molecule has 0 bridgehead atoms. The molecule has 2 heterocycles. The molecule has 1 aromatic heterocycles. The Kier molecular flexibility index (Phi) is 11.0. The predicted molar refractivity (Wildman–Crippen MR) is 168 cm³/mol. The number of carbonyl (C=O) groups is 3. The first-order valence-corrected chi connectivity index (χ1v) is 15.6. The minimum atomic E-state index is -1.07. The van der Waals surface area contributed by atoms with Crippen LogP contribution in [-0.2, 0) is 14.3 Å². The number of Topliss-reactive ketones (excluding diaryl/α,β-unsaturated/α-hetero) is 1. The summed E-state index contributed by atoms with van der Waals surface area (Å²) < 4.78 is 22.4. The van der Waals surface area contributed by atoms with E-state index < -0.39 is 23.7 Å². The fraction of sp³-hybridized carbons (Fsp3) is 0.394. The number of benzene rings is 2. The fourth-order valence-corrected chi connectivity index (χ4v) is 5.73. The van der Waals surface area contributed by atoms with Gasteiger partial charge in [0.1, 0.15) is 16.4 Å². The van der Waals surface area contributed by atoms with Crippen LogP contribution in [0.5, 0.6) is 17.2 Å². The third kappa shape index (κ3) is 6.88. The lowest BCUT2D eigenvalue weighted by Gasteiger charge is -2.24. The van der Waals surface area contributed by atoms with E-state index in [1.807, 2.05) is 6.92 Å². The number of hydrogen-bond acceptors (Lipinski definition) is 10. The molecule has 1 N–H and O–H groups in total. The van der Waals surface area contributed by atoms with Gasteiger partial charge in [-0.25, -0.2) is 9.78 Å². The zero-order valence-electron chi connectivity index (χ0n) is 25.7. The molecule has 234 valence electrons. The van der Waals surface area contributed by atoms with Gasteiger partial charge in [-0.2, -0.15) is 0 Å². The van der Waals surface area contributed by atoms with Crippen molar-refractivity contribution < 1.29 is 38.4 Å². The van der Waals surface area contributed by atoms with Crippen molar-refractivity contribution in [2.45, 2.75) is 59.4 Å². The highest BCUT2D eigenvalue weighted by Crippen LogP contribution is 2.45. The van der Waals surface area contributed by atoms with Crippen LogP contribution in [0.2, 0.25) is 0 Å². The summed E-state index contributed by atoms with van der Waals surface area (Å²) in [7, 11) is 1.26. The summed E-state index contributed by atoms with van der Waals surface area (Å²) >= 11 is 0.936. The molecule has 1 atom stereocenters. The number of ether oxygens (including phenoxy) is 4. The molecular weight excluding hydrogens is 584 g/mol. The minimum Gasteiger partial charge on any atom is -0.507 e. The molecule has 44 heavy (non-hydrogen) atoms. The lowest BCUT2D eigenvalue weighted by molar-refractivity contribution is -0.132. The fourth-order valence-electron chi connectivity index (χ4n) is 4.72. The second kappa shape index (κ2) is 14.9. The molecule has 0 radical (unpaired) electrons. The van der Waals surface area contributed by atoms with Gasteiger partial charge in [0.2, 0.25) is 0 Å². The van der Waals surface area contributed by atoms with Gasteiger partial charge in [-0.05, 0) is 68.7 Å². The van der Waals surface area contributed by atoms with E-state index in [9.17, 15) is 19.5 Å². The predicted octanol–water partition coefficient (Wildman–Crippen LogP) is 6.62. The Morgan fingerprint density at radius 3 is 2.27 bits per heavy atom. The summed E-state index contributed by atoms with van der Waals surface area (Å²) in [5.74, 6) is -1.14. The third-order valence-electron chi connectivity index (χ3n) is 7.04. The Labute approximate surface area is 261 Å². The summed E-state index contributed by atoms with van der Waals surface area (Å²) in [5, 5.41) is 11.7. The van der Waals surface area contributed by atoms with Crippen molar-refractivity contribution in [3.8, 4) is 17.2 Å². The van der Waals surface area contributed by atoms with Crippen LogP contribution in [0.25, 0.3) is 5.76 Å². The van der Waals surface area contributed by atoms with Crippen LogP contribution in [0.4, 0.5) is 5.13 Å². The molecular formula is C33H38N2O8S. The van der Waals surface area contributed by atoms with Gasteiger partial charge in [-0.3, -0.25) is 14.5 Å². The quantitative estimate of drug-likeness (QED) is 0.0694. The number of unbranched alkanes of at least 4 members (excludes halogenated alkanes) is 2. The number of carbonyl (C=O) groups excluding carboxylic acids is 3. The van der Waals surface area contributed by atoms with E-state index in [0.29, 0.717) is 53.9 Å². The molecule has 1 amide bonds. The highest BCUT2D eigenvalue weighted by atomic mass is 32.1. The number of thiazole rings is 1. The van der Waals surface area contributed by atoms with Crippen LogP contribution in [0.1, 0.15) is 79.0 Å². The Bertz CT molecular complexity index is 1530. The number of amides is 1. The molecule has 1 aliphatic rings. The highest BCUT2D eigenvalue weighted by Gasteiger charge is 2.48. The number of rotatable bonds is 14. The first-order chi connectivity index (χ1) is 21.2. The average Bonchev–Trinajstić information content (AvgIpc) is 3.53. The summed E-state index contributed by atoms with van der Waals surface area (Å²) in [6, 6.07) is 10.8. The normalized spacial score (nSPS) is 15.8. The molecule has 1 aliphatic heterocycles.